The summed E-state index contributed by atoms with van der Waals surface area (Å²) in [4.78, 5) is 34.1. The Labute approximate surface area is 170 Å². The highest BCUT2D eigenvalue weighted by molar-refractivity contribution is 7.14. The Hall–Kier alpha value is -3.45. The summed E-state index contributed by atoms with van der Waals surface area (Å²) in [6, 6.07) is 5.48. The Kier molecular flexibility index (Phi) is 5.14. The fourth-order valence-corrected chi connectivity index (χ4v) is 3.90. The molecule has 29 heavy (non-hydrogen) atoms. The maximum absolute atomic E-state index is 12.5. The molecule has 3 aromatic rings. The van der Waals surface area contributed by atoms with Crippen molar-refractivity contribution in [3.63, 3.8) is 0 Å². The number of amides is 1. The monoisotopic (exact) mass is 411 g/mol. The zero-order chi connectivity index (χ0) is 20.4. The van der Waals surface area contributed by atoms with E-state index >= 15 is 0 Å². The van der Waals surface area contributed by atoms with Gasteiger partial charge in [0.05, 0.1) is 6.26 Å². The van der Waals surface area contributed by atoms with Crippen molar-refractivity contribution in [1.29, 1.82) is 5.26 Å². The van der Waals surface area contributed by atoms with Crippen LogP contribution < -0.4 is 10.2 Å². The normalized spacial score (nSPS) is 14.6. The molecule has 0 atom stereocenters. The lowest BCUT2D eigenvalue weighted by atomic mass is 9.96. The van der Waals surface area contributed by atoms with Crippen molar-refractivity contribution in [1.82, 2.24) is 9.97 Å². The molecular formula is C19H17N5O4S. The van der Waals surface area contributed by atoms with Crippen molar-refractivity contribution in [2.75, 3.05) is 23.3 Å². The number of rotatable bonds is 5. The van der Waals surface area contributed by atoms with Gasteiger partial charge in [-0.3, -0.25) is 9.59 Å². The number of nitrogens with zero attached hydrogens (tertiary/aromatic N) is 4. The molecule has 0 saturated carbocycles. The maximum Gasteiger partial charge on any atom is 0.266 e. The van der Waals surface area contributed by atoms with Crippen molar-refractivity contribution in [3.8, 4) is 17.7 Å². The number of nitrogens with one attached hydrogen (secondary N) is 1. The molecule has 1 aliphatic heterocycles. The van der Waals surface area contributed by atoms with Gasteiger partial charge in [-0.2, -0.15) is 10.2 Å². The van der Waals surface area contributed by atoms with Crippen LogP contribution in [-0.2, 0) is 4.79 Å². The number of Topliss-reactive ketones (excluding diaryl/α,β-unsaturated/α-hetero) is 1. The molecule has 9 nitrogen and oxygen atoms in total. The van der Waals surface area contributed by atoms with E-state index in [0.29, 0.717) is 48.4 Å². The first-order valence-electron chi connectivity index (χ1n) is 9.02. The summed E-state index contributed by atoms with van der Waals surface area (Å²) < 4.78 is 11.0. The average Bonchev–Trinajstić information content (AvgIpc) is 3.47. The second-order valence-electron chi connectivity index (χ2n) is 6.61. The van der Waals surface area contributed by atoms with Gasteiger partial charge in [0.2, 0.25) is 17.5 Å². The molecule has 0 aliphatic carbocycles. The van der Waals surface area contributed by atoms with Gasteiger partial charge >= 0.3 is 0 Å². The largest absolute Gasteiger partial charge is 0.459 e. The number of ketones is 1. The molecule has 1 N–H and O–H groups in total. The minimum Gasteiger partial charge on any atom is -0.459 e. The van der Waals surface area contributed by atoms with Gasteiger partial charge in [0.15, 0.2) is 16.7 Å². The molecule has 0 spiro atoms. The van der Waals surface area contributed by atoms with E-state index in [1.54, 1.807) is 17.5 Å². The van der Waals surface area contributed by atoms with Crippen molar-refractivity contribution in [2.24, 2.45) is 5.92 Å². The molecule has 0 bridgehead atoms. The highest BCUT2D eigenvalue weighted by atomic mass is 32.1. The molecule has 1 fully saturated rings. The van der Waals surface area contributed by atoms with Crippen molar-refractivity contribution in [2.45, 2.75) is 19.8 Å². The van der Waals surface area contributed by atoms with Gasteiger partial charge in [0.1, 0.15) is 11.8 Å². The van der Waals surface area contributed by atoms with Gasteiger partial charge < -0.3 is 19.1 Å². The van der Waals surface area contributed by atoms with Gasteiger partial charge in [-0.05, 0) is 25.0 Å². The Morgan fingerprint density at radius 1 is 1.34 bits per heavy atom. The lowest BCUT2D eigenvalue weighted by molar-refractivity contribution is -0.120. The SMILES string of the molecule is CC(=O)c1csc(NC(=O)C2CCN(c3oc(-c4ccco4)nc3C#N)CC2)n1. The third-order valence-corrected chi connectivity index (χ3v) is 5.45. The summed E-state index contributed by atoms with van der Waals surface area (Å²) in [6.45, 7) is 2.54. The Morgan fingerprint density at radius 3 is 2.76 bits per heavy atom. The van der Waals surface area contributed by atoms with Crippen LogP contribution in [-0.4, -0.2) is 34.7 Å². The number of anilines is 2. The number of piperidine rings is 1. The third-order valence-electron chi connectivity index (χ3n) is 4.70. The Bertz CT molecular complexity index is 1070. The molecule has 10 heteroatoms. The van der Waals surface area contributed by atoms with Crippen LogP contribution in [0.15, 0.2) is 32.6 Å². The fraction of sp³-hybridized carbons (Fsp3) is 0.316. The van der Waals surface area contributed by atoms with E-state index in [-0.39, 0.29) is 29.2 Å². The van der Waals surface area contributed by atoms with Crippen LogP contribution in [0, 0.1) is 17.2 Å². The van der Waals surface area contributed by atoms with Crippen LogP contribution in [0.4, 0.5) is 11.0 Å². The summed E-state index contributed by atoms with van der Waals surface area (Å²) in [5.74, 6) is 0.660. The molecule has 0 aromatic carbocycles. The molecule has 0 unspecified atom stereocenters. The number of furan rings is 1. The number of carbonyl (C=O) groups excluding carboxylic acids is 2. The van der Waals surface area contributed by atoms with Gasteiger partial charge in [0, 0.05) is 31.3 Å². The van der Waals surface area contributed by atoms with Crippen LogP contribution in [0.3, 0.4) is 0 Å². The molecule has 4 rings (SSSR count). The van der Waals surface area contributed by atoms with E-state index in [9.17, 15) is 14.9 Å². The molecule has 1 amide bonds. The first-order chi connectivity index (χ1) is 14.0. The van der Waals surface area contributed by atoms with E-state index < -0.39 is 0 Å². The Morgan fingerprint density at radius 2 is 2.14 bits per heavy atom. The summed E-state index contributed by atoms with van der Waals surface area (Å²) >= 11 is 1.23. The lowest BCUT2D eigenvalue weighted by Crippen LogP contribution is -2.38. The van der Waals surface area contributed by atoms with Crippen LogP contribution >= 0.6 is 11.3 Å². The minimum atomic E-state index is -0.186. The zero-order valence-corrected chi connectivity index (χ0v) is 16.4. The lowest BCUT2D eigenvalue weighted by Gasteiger charge is -2.30. The van der Waals surface area contributed by atoms with E-state index in [2.05, 4.69) is 21.4 Å². The molecule has 148 valence electrons. The molecule has 3 aromatic heterocycles. The number of thiazole rings is 1. The Balaban J connectivity index is 1.39. The first kappa shape index (κ1) is 18.9. The number of hydrogen-bond acceptors (Lipinski definition) is 9. The molecular weight excluding hydrogens is 394 g/mol. The second-order valence-corrected chi connectivity index (χ2v) is 7.46. The van der Waals surface area contributed by atoms with E-state index in [0.717, 1.165) is 0 Å². The zero-order valence-electron chi connectivity index (χ0n) is 15.5. The molecule has 1 aliphatic rings. The number of nitriles is 1. The number of aromatic nitrogens is 2. The summed E-state index contributed by atoms with van der Waals surface area (Å²) in [5.41, 5.74) is 0.542. The van der Waals surface area contributed by atoms with Crippen LogP contribution in [0.2, 0.25) is 0 Å². The van der Waals surface area contributed by atoms with Crippen molar-refractivity contribution < 1.29 is 18.4 Å². The van der Waals surface area contributed by atoms with Gasteiger partial charge in [-0.25, -0.2) is 4.98 Å². The quantitative estimate of drug-likeness (QED) is 0.634. The second kappa shape index (κ2) is 7.89. The van der Waals surface area contributed by atoms with Crippen LogP contribution in [0.1, 0.15) is 35.9 Å². The van der Waals surface area contributed by atoms with E-state index in [1.165, 1.54) is 24.5 Å². The predicted octanol–water partition coefficient (Wildman–Crippen LogP) is 3.32. The van der Waals surface area contributed by atoms with Gasteiger partial charge in [-0.1, -0.05) is 0 Å². The third kappa shape index (κ3) is 3.90. The van der Waals surface area contributed by atoms with Gasteiger partial charge in [-0.15, -0.1) is 11.3 Å². The standard InChI is InChI=1S/C19H17N5O4S/c1-11(25)14-10-29-19(22-14)23-16(26)12-4-6-24(7-5-12)18-13(9-20)21-17(28-18)15-3-2-8-27-15/h2-3,8,10,12H,4-7H2,1H3,(H,22,23,26). The summed E-state index contributed by atoms with van der Waals surface area (Å²) in [7, 11) is 0. The maximum atomic E-state index is 12.5. The minimum absolute atomic E-state index is 0.122. The summed E-state index contributed by atoms with van der Waals surface area (Å²) in [6.07, 6.45) is 2.70. The van der Waals surface area contributed by atoms with E-state index in [4.69, 9.17) is 8.83 Å². The number of oxazole rings is 1. The van der Waals surface area contributed by atoms with Gasteiger partial charge in [0.25, 0.3) is 5.89 Å². The highest BCUT2D eigenvalue weighted by Crippen LogP contribution is 2.31. The molecule has 4 heterocycles. The van der Waals surface area contributed by atoms with Crippen molar-refractivity contribution in [3.05, 3.63) is 35.2 Å². The number of carbonyl (C=O) groups is 2. The topological polar surface area (TPSA) is 125 Å². The molecule has 1 saturated heterocycles. The van der Waals surface area contributed by atoms with E-state index in [1.807, 2.05) is 4.90 Å². The van der Waals surface area contributed by atoms with Crippen molar-refractivity contribution >= 4 is 34.0 Å². The summed E-state index contributed by atoms with van der Waals surface area (Å²) in [5, 5.41) is 14.2. The first-order valence-corrected chi connectivity index (χ1v) is 9.90. The predicted molar refractivity (Wildman–Crippen MR) is 105 cm³/mol. The fourth-order valence-electron chi connectivity index (χ4n) is 3.15. The highest BCUT2D eigenvalue weighted by Gasteiger charge is 2.29. The smallest absolute Gasteiger partial charge is 0.266 e. The van der Waals surface area contributed by atoms with Crippen LogP contribution in [0.25, 0.3) is 11.7 Å². The average molecular weight is 411 g/mol. The number of hydrogen-bond donors (Lipinski definition) is 1. The molecule has 0 radical (unpaired) electrons. The van der Waals surface area contributed by atoms with Crippen LogP contribution in [0.5, 0.6) is 0 Å².